The van der Waals surface area contributed by atoms with Crippen molar-refractivity contribution in [1.82, 2.24) is 0 Å². The van der Waals surface area contributed by atoms with Crippen molar-refractivity contribution in [3.8, 4) is 0 Å². The Kier molecular flexibility index (Phi) is 2.49. The van der Waals surface area contributed by atoms with Crippen LogP contribution in [0.4, 0.5) is 5.00 Å². The van der Waals surface area contributed by atoms with Gasteiger partial charge in [-0.3, -0.25) is 4.79 Å². The van der Waals surface area contributed by atoms with E-state index in [0.717, 1.165) is 5.00 Å². The smallest absolute Gasteiger partial charge is 0.244 e. The molecule has 0 spiro atoms. The maximum Gasteiger partial charge on any atom is 0.244 e. The Morgan fingerprint density at radius 1 is 1.67 bits per heavy atom. The Balaban J connectivity index is 2.60. The normalized spacial score (nSPS) is 11.2. The number of nitrogens with one attached hydrogen (secondary N) is 1. The molecular formula is C8H12N2OS. The van der Waals surface area contributed by atoms with Crippen LogP contribution in [0.3, 0.4) is 0 Å². The van der Waals surface area contributed by atoms with E-state index in [2.05, 4.69) is 5.32 Å². The lowest BCUT2D eigenvalue weighted by Gasteiger charge is -2.16. The molecule has 3 nitrogen and oxygen atoms in total. The molecule has 0 saturated heterocycles. The van der Waals surface area contributed by atoms with Gasteiger partial charge in [0.2, 0.25) is 5.91 Å². The van der Waals surface area contributed by atoms with Gasteiger partial charge in [-0.1, -0.05) is 0 Å². The summed E-state index contributed by atoms with van der Waals surface area (Å²) in [7, 11) is 0. The van der Waals surface area contributed by atoms with E-state index in [4.69, 9.17) is 5.73 Å². The highest BCUT2D eigenvalue weighted by atomic mass is 32.1. The van der Waals surface area contributed by atoms with Crippen LogP contribution in [0.1, 0.15) is 13.8 Å². The summed E-state index contributed by atoms with van der Waals surface area (Å²) in [5, 5.41) is 5.45. The Labute approximate surface area is 75.6 Å². The maximum atomic E-state index is 11.3. The monoisotopic (exact) mass is 184 g/mol. The second-order valence-electron chi connectivity index (χ2n) is 3.15. The summed E-state index contributed by atoms with van der Waals surface area (Å²) < 4.78 is 0. The van der Waals surface area contributed by atoms with Crippen LogP contribution in [0, 0.1) is 0 Å². The topological polar surface area (TPSA) is 55.1 Å². The van der Waals surface area contributed by atoms with E-state index in [1.807, 2.05) is 17.5 Å². The van der Waals surface area contributed by atoms with Crippen LogP contribution in [0.25, 0.3) is 0 Å². The Morgan fingerprint density at radius 3 is 2.75 bits per heavy atom. The molecule has 0 saturated carbocycles. The molecule has 1 rings (SSSR count). The minimum atomic E-state index is -0.815. The molecule has 1 heterocycles. The summed E-state index contributed by atoms with van der Waals surface area (Å²) in [6.45, 7) is 3.35. The van der Waals surface area contributed by atoms with Gasteiger partial charge in [0, 0.05) is 0 Å². The minimum Gasteiger partial charge on any atom is -0.318 e. The van der Waals surface area contributed by atoms with Crippen molar-refractivity contribution < 1.29 is 4.79 Å². The molecule has 0 atom stereocenters. The van der Waals surface area contributed by atoms with Crippen molar-refractivity contribution in [2.75, 3.05) is 5.32 Å². The maximum absolute atomic E-state index is 11.3. The Morgan fingerprint density at radius 2 is 2.33 bits per heavy atom. The van der Waals surface area contributed by atoms with Gasteiger partial charge in [-0.15, -0.1) is 11.3 Å². The first kappa shape index (κ1) is 9.22. The summed E-state index contributed by atoms with van der Waals surface area (Å²) in [6.07, 6.45) is 0. The van der Waals surface area contributed by atoms with Crippen molar-refractivity contribution >= 4 is 22.2 Å². The first-order valence-electron chi connectivity index (χ1n) is 3.64. The molecule has 66 valence electrons. The number of rotatable bonds is 2. The first-order valence-corrected chi connectivity index (χ1v) is 4.52. The van der Waals surface area contributed by atoms with E-state index in [0.29, 0.717) is 0 Å². The number of nitrogens with two attached hydrogens (primary N) is 1. The number of hydrogen-bond donors (Lipinski definition) is 2. The summed E-state index contributed by atoms with van der Waals surface area (Å²) >= 11 is 1.48. The average molecular weight is 184 g/mol. The lowest BCUT2D eigenvalue weighted by atomic mass is 10.1. The van der Waals surface area contributed by atoms with Gasteiger partial charge < -0.3 is 11.1 Å². The fraction of sp³-hybridized carbons (Fsp3) is 0.375. The highest BCUT2D eigenvalue weighted by molar-refractivity contribution is 7.14. The fourth-order valence-corrected chi connectivity index (χ4v) is 1.24. The largest absolute Gasteiger partial charge is 0.318 e. The van der Waals surface area contributed by atoms with Crippen molar-refractivity contribution in [3.63, 3.8) is 0 Å². The molecule has 12 heavy (non-hydrogen) atoms. The zero-order valence-corrected chi connectivity index (χ0v) is 7.94. The molecule has 0 fully saturated rings. The van der Waals surface area contributed by atoms with E-state index in [9.17, 15) is 4.79 Å². The molecular weight excluding hydrogens is 172 g/mol. The van der Waals surface area contributed by atoms with Gasteiger partial charge in [0.25, 0.3) is 0 Å². The average Bonchev–Trinajstić information content (AvgIpc) is 2.37. The lowest BCUT2D eigenvalue weighted by molar-refractivity contribution is -0.120. The van der Waals surface area contributed by atoms with E-state index in [-0.39, 0.29) is 5.91 Å². The van der Waals surface area contributed by atoms with Crippen LogP contribution >= 0.6 is 11.3 Å². The van der Waals surface area contributed by atoms with Crippen LogP contribution in [0.5, 0.6) is 0 Å². The van der Waals surface area contributed by atoms with E-state index < -0.39 is 5.54 Å². The molecule has 0 radical (unpaired) electrons. The van der Waals surface area contributed by atoms with Gasteiger partial charge in [-0.2, -0.15) is 0 Å². The third kappa shape index (κ3) is 2.32. The molecule has 3 N–H and O–H groups in total. The molecule has 0 aliphatic rings. The number of amides is 1. The Hall–Kier alpha value is -0.870. The van der Waals surface area contributed by atoms with Gasteiger partial charge in [0.1, 0.15) is 0 Å². The third-order valence-electron chi connectivity index (χ3n) is 1.34. The number of thiophene rings is 1. The predicted octanol–water partition coefficient (Wildman–Crippen LogP) is 1.42. The summed E-state index contributed by atoms with van der Waals surface area (Å²) in [5.74, 6) is -0.162. The molecule has 0 aliphatic heterocycles. The van der Waals surface area contributed by atoms with Crippen LogP contribution < -0.4 is 11.1 Å². The number of carbonyl (C=O) groups is 1. The van der Waals surface area contributed by atoms with Crippen LogP contribution in [0.15, 0.2) is 17.5 Å². The van der Waals surface area contributed by atoms with Crippen molar-refractivity contribution in [2.45, 2.75) is 19.4 Å². The highest BCUT2D eigenvalue weighted by Crippen LogP contribution is 2.16. The van der Waals surface area contributed by atoms with Crippen LogP contribution in [-0.4, -0.2) is 11.4 Å². The van der Waals surface area contributed by atoms with Crippen molar-refractivity contribution in [2.24, 2.45) is 5.73 Å². The first-order chi connectivity index (χ1) is 5.50. The highest BCUT2D eigenvalue weighted by Gasteiger charge is 2.21. The zero-order valence-electron chi connectivity index (χ0n) is 7.13. The number of anilines is 1. The molecule has 0 aliphatic carbocycles. The lowest BCUT2D eigenvalue weighted by Crippen LogP contribution is -2.45. The van der Waals surface area contributed by atoms with Crippen LogP contribution in [0.2, 0.25) is 0 Å². The second kappa shape index (κ2) is 3.25. The van der Waals surface area contributed by atoms with E-state index in [1.165, 1.54) is 11.3 Å². The van der Waals surface area contributed by atoms with Gasteiger partial charge in [0.15, 0.2) is 0 Å². The van der Waals surface area contributed by atoms with E-state index in [1.54, 1.807) is 13.8 Å². The molecule has 1 amide bonds. The third-order valence-corrected chi connectivity index (χ3v) is 2.13. The molecule has 4 heteroatoms. The van der Waals surface area contributed by atoms with Gasteiger partial charge in [-0.25, -0.2) is 0 Å². The minimum absolute atomic E-state index is 0.162. The Bertz CT molecular complexity index is 261. The number of hydrogen-bond acceptors (Lipinski definition) is 3. The predicted molar refractivity (Wildman–Crippen MR) is 51.2 cm³/mol. The summed E-state index contributed by atoms with van der Waals surface area (Å²) in [6, 6.07) is 3.72. The number of carbonyl (C=O) groups excluding carboxylic acids is 1. The summed E-state index contributed by atoms with van der Waals surface area (Å²) in [4.78, 5) is 11.3. The molecule has 0 aromatic carbocycles. The fourth-order valence-electron chi connectivity index (χ4n) is 0.623. The molecule has 1 aromatic heterocycles. The van der Waals surface area contributed by atoms with Crippen molar-refractivity contribution in [1.29, 1.82) is 0 Å². The zero-order chi connectivity index (χ0) is 9.19. The quantitative estimate of drug-likeness (QED) is 0.730. The standard InChI is InChI=1S/C8H12N2OS/c1-8(2,9)7(11)10-6-4-3-5-12-6/h3-5H,9H2,1-2H3,(H,10,11). The van der Waals surface area contributed by atoms with Gasteiger partial charge in [-0.05, 0) is 31.4 Å². The van der Waals surface area contributed by atoms with Crippen LogP contribution in [-0.2, 0) is 4.79 Å². The second-order valence-corrected chi connectivity index (χ2v) is 4.10. The van der Waals surface area contributed by atoms with E-state index >= 15 is 0 Å². The summed E-state index contributed by atoms with van der Waals surface area (Å²) in [5.41, 5.74) is 4.77. The SMILES string of the molecule is CC(C)(N)C(=O)Nc1cccs1. The van der Waals surface area contributed by atoms with Crippen molar-refractivity contribution in [3.05, 3.63) is 17.5 Å². The molecule has 0 bridgehead atoms. The molecule has 1 aromatic rings. The van der Waals surface area contributed by atoms with Gasteiger partial charge in [0.05, 0.1) is 10.5 Å². The molecule has 0 unspecified atom stereocenters. The van der Waals surface area contributed by atoms with Gasteiger partial charge >= 0.3 is 0 Å².